The average Bonchev–Trinajstić information content (AvgIpc) is 2.47. The number of halogens is 2. The molecule has 0 radical (unpaired) electrons. The highest BCUT2D eigenvalue weighted by atomic mass is 35.5. The summed E-state index contributed by atoms with van der Waals surface area (Å²) in [5.41, 5.74) is 4.52. The van der Waals surface area contributed by atoms with Crippen molar-refractivity contribution in [3.8, 4) is 0 Å². The van der Waals surface area contributed by atoms with Gasteiger partial charge in [-0.2, -0.15) is 0 Å². The fourth-order valence-electron chi connectivity index (χ4n) is 2.25. The van der Waals surface area contributed by atoms with Gasteiger partial charge in [0.1, 0.15) is 11.4 Å². The third-order valence-electron chi connectivity index (χ3n) is 3.27. The monoisotopic (exact) mass is 327 g/mol. The van der Waals surface area contributed by atoms with Crippen LogP contribution in [0.5, 0.6) is 0 Å². The molecule has 2 rings (SSSR count). The van der Waals surface area contributed by atoms with E-state index in [4.69, 9.17) is 22.4 Å². The van der Waals surface area contributed by atoms with Gasteiger partial charge < -0.3 is 20.7 Å². The van der Waals surface area contributed by atoms with Crippen LogP contribution in [0.25, 0.3) is 10.9 Å². The molecule has 0 aliphatic rings. The second-order valence-electron chi connectivity index (χ2n) is 4.62. The molecule has 0 aliphatic carbocycles. The maximum absolute atomic E-state index is 14.2. The Morgan fingerprint density at radius 1 is 1.55 bits per heavy atom. The molecule has 0 amide bonds. The summed E-state index contributed by atoms with van der Waals surface area (Å²) in [4.78, 5) is 23.4. The number of anilines is 1. The summed E-state index contributed by atoms with van der Waals surface area (Å²) in [5.74, 6) is -2.09. The van der Waals surface area contributed by atoms with E-state index in [0.717, 1.165) is 6.07 Å². The molecule has 0 spiro atoms. The first-order chi connectivity index (χ1) is 10.4. The highest BCUT2D eigenvalue weighted by molar-refractivity contribution is 6.38. The van der Waals surface area contributed by atoms with Crippen LogP contribution in [0, 0.1) is 5.82 Å². The van der Waals surface area contributed by atoms with Gasteiger partial charge >= 0.3 is 5.97 Å². The number of carboxylic acid groups (broad SMARTS) is 1. The molecule has 1 heterocycles. The molecule has 22 heavy (non-hydrogen) atoms. The van der Waals surface area contributed by atoms with Crippen molar-refractivity contribution < 1.29 is 14.3 Å². The van der Waals surface area contributed by atoms with E-state index in [1.165, 1.54) is 10.8 Å². The van der Waals surface area contributed by atoms with Crippen molar-refractivity contribution in [2.45, 2.75) is 13.5 Å². The lowest BCUT2D eigenvalue weighted by molar-refractivity contribution is 0.0695. The van der Waals surface area contributed by atoms with Gasteiger partial charge in [0.25, 0.3) is 0 Å². The molecule has 118 valence electrons. The van der Waals surface area contributed by atoms with Gasteiger partial charge in [0.05, 0.1) is 21.6 Å². The molecule has 0 unspecified atom stereocenters. The van der Waals surface area contributed by atoms with Gasteiger partial charge in [0, 0.05) is 25.8 Å². The number of hydrogen-bond donors (Lipinski definition) is 3. The number of hydrogen-bond acceptors (Lipinski definition) is 4. The predicted octanol–water partition coefficient (Wildman–Crippen LogP) is 1.88. The summed E-state index contributed by atoms with van der Waals surface area (Å²) in [5, 5.41) is 11.8. The molecular formula is C14H15ClFN3O3. The van der Waals surface area contributed by atoms with E-state index in [9.17, 15) is 14.0 Å². The number of nitrogens with one attached hydrogen (secondary N) is 1. The Bertz CT molecular complexity index is 804. The second-order valence-corrected chi connectivity index (χ2v) is 5.00. The SMILES string of the molecule is CCn1cc(C(=O)O)c(=O)c2cc(F)c(NCCN)c(Cl)c21. The van der Waals surface area contributed by atoms with Crippen LogP contribution in [0.4, 0.5) is 10.1 Å². The van der Waals surface area contributed by atoms with E-state index in [1.807, 2.05) is 0 Å². The first-order valence-corrected chi connectivity index (χ1v) is 7.02. The first-order valence-electron chi connectivity index (χ1n) is 6.64. The number of fused-ring (bicyclic) bond motifs is 1. The van der Waals surface area contributed by atoms with E-state index in [0.29, 0.717) is 18.6 Å². The fraction of sp³-hybridized carbons (Fsp3) is 0.286. The summed E-state index contributed by atoms with van der Waals surface area (Å²) in [6.45, 7) is 2.74. The molecule has 1 aromatic carbocycles. The zero-order valence-corrected chi connectivity index (χ0v) is 12.6. The van der Waals surface area contributed by atoms with Gasteiger partial charge in [-0.3, -0.25) is 4.79 Å². The topological polar surface area (TPSA) is 97.3 Å². The van der Waals surface area contributed by atoms with Crippen LogP contribution >= 0.6 is 11.6 Å². The van der Waals surface area contributed by atoms with E-state index < -0.39 is 22.8 Å². The van der Waals surface area contributed by atoms with Crippen LogP contribution in [0.2, 0.25) is 5.02 Å². The number of rotatable bonds is 5. The van der Waals surface area contributed by atoms with Gasteiger partial charge in [-0.1, -0.05) is 11.6 Å². The zero-order valence-electron chi connectivity index (χ0n) is 11.8. The third kappa shape index (κ3) is 2.65. The summed E-state index contributed by atoms with van der Waals surface area (Å²) in [6, 6.07) is 1.00. The number of aryl methyl sites for hydroxylation is 1. The van der Waals surface area contributed by atoms with Gasteiger partial charge in [0.15, 0.2) is 0 Å². The zero-order chi connectivity index (χ0) is 16.4. The first kappa shape index (κ1) is 16.3. The highest BCUT2D eigenvalue weighted by Crippen LogP contribution is 2.32. The minimum atomic E-state index is -1.36. The Labute approximate surface area is 130 Å². The minimum Gasteiger partial charge on any atom is -0.477 e. The number of nitrogens with two attached hydrogens (primary N) is 1. The smallest absolute Gasteiger partial charge is 0.341 e. The summed E-state index contributed by atoms with van der Waals surface area (Å²) in [7, 11) is 0. The molecule has 0 saturated heterocycles. The highest BCUT2D eigenvalue weighted by Gasteiger charge is 2.20. The molecule has 1 aromatic heterocycles. The maximum Gasteiger partial charge on any atom is 0.341 e. The molecule has 2 aromatic rings. The lowest BCUT2D eigenvalue weighted by Crippen LogP contribution is -2.20. The standard InChI is InChI=1S/C14H15ClFN3O3/c1-2-19-6-8(14(21)22)13(20)7-5-9(16)11(18-4-3-17)10(15)12(7)19/h5-6,18H,2-4,17H2,1H3,(H,21,22). The number of aromatic nitrogens is 1. The molecule has 0 aliphatic heterocycles. The number of aromatic carboxylic acids is 1. The summed E-state index contributed by atoms with van der Waals surface area (Å²) in [6.07, 6.45) is 1.21. The van der Waals surface area contributed by atoms with E-state index >= 15 is 0 Å². The van der Waals surface area contributed by atoms with Crippen LogP contribution in [0.3, 0.4) is 0 Å². The Balaban J connectivity index is 2.87. The van der Waals surface area contributed by atoms with Gasteiger partial charge in [-0.25, -0.2) is 9.18 Å². The van der Waals surface area contributed by atoms with Crippen LogP contribution in [-0.2, 0) is 6.54 Å². The minimum absolute atomic E-state index is 0.0272. The normalized spacial score (nSPS) is 10.9. The predicted molar refractivity (Wildman–Crippen MR) is 83.4 cm³/mol. The van der Waals surface area contributed by atoms with Crippen molar-refractivity contribution in [2.24, 2.45) is 5.73 Å². The third-order valence-corrected chi connectivity index (χ3v) is 3.64. The van der Waals surface area contributed by atoms with Crippen LogP contribution < -0.4 is 16.5 Å². The molecule has 8 heteroatoms. The largest absolute Gasteiger partial charge is 0.477 e. The van der Waals surface area contributed by atoms with E-state index in [-0.39, 0.29) is 22.6 Å². The van der Waals surface area contributed by atoms with Crippen LogP contribution in [-0.4, -0.2) is 28.7 Å². The van der Waals surface area contributed by atoms with E-state index in [1.54, 1.807) is 6.92 Å². The van der Waals surface area contributed by atoms with Crippen molar-refractivity contribution >= 4 is 34.2 Å². The van der Waals surface area contributed by atoms with Crippen LogP contribution in [0.1, 0.15) is 17.3 Å². The number of nitrogens with zero attached hydrogens (tertiary/aromatic N) is 1. The van der Waals surface area contributed by atoms with Gasteiger partial charge in [-0.05, 0) is 13.0 Å². The van der Waals surface area contributed by atoms with Crippen molar-refractivity contribution in [1.29, 1.82) is 0 Å². The quantitative estimate of drug-likeness (QED) is 0.779. The number of pyridine rings is 1. The number of benzene rings is 1. The van der Waals surface area contributed by atoms with E-state index in [2.05, 4.69) is 5.32 Å². The Morgan fingerprint density at radius 2 is 2.23 bits per heavy atom. The molecule has 0 bridgehead atoms. The Morgan fingerprint density at radius 3 is 2.77 bits per heavy atom. The van der Waals surface area contributed by atoms with Crippen molar-refractivity contribution in [2.75, 3.05) is 18.4 Å². The van der Waals surface area contributed by atoms with Gasteiger partial charge in [-0.15, -0.1) is 0 Å². The lowest BCUT2D eigenvalue weighted by atomic mass is 10.1. The maximum atomic E-state index is 14.2. The Kier molecular flexibility index (Phi) is 4.68. The fourth-order valence-corrected chi connectivity index (χ4v) is 2.62. The van der Waals surface area contributed by atoms with Crippen molar-refractivity contribution in [3.63, 3.8) is 0 Å². The molecule has 0 atom stereocenters. The van der Waals surface area contributed by atoms with Crippen LogP contribution in [0.15, 0.2) is 17.1 Å². The molecule has 0 fully saturated rings. The van der Waals surface area contributed by atoms with Crippen molar-refractivity contribution in [1.82, 2.24) is 4.57 Å². The summed E-state index contributed by atoms with van der Waals surface area (Å²) < 4.78 is 15.7. The molecular weight excluding hydrogens is 313 g/mol. The number of carboxylic acids is 1. The molecule has 0 saturated carbocycles. The lowest BCUT2D eigenvalue weighted by Gasteiger charge is -2.15. The average molecular weight is 328 g/mol. The van der Waals surface area contributed by atoms with Crippen molar-refractivity contribution in [3.05, 3.63) is 38.9 Å². The summed E-state index contributed by atoms with van der Waals surface area (Å²) >= 11 is 6.22. The van der Waals surface area contributed by atoms with Gasteiger partial charge in [0.2, 0.25) is 5.43 Å². The number of carbonyl (C=O) groups is 1. The Hall–Kier alpha value is -2.12. The second kappa shape index (κ2) is 6.33. The molecule has 4 N–H and O–H groups in total. The molecule has 6 nitrogen and oxygen atoms in total.